The summed E-state index contributed by atoms with van der Waals surface area (Å²) in [5.74, 6) is 0.489. The van der Waals surface area contributed by atoms with Gasteiger partial charge in [0.1, 0.15) is 5.01 Å². The Balaban J connectivity index is 1.32. The Morgan fingerprint density at radius 3 is 2.96 bits per heavy atom. The molecule has 8 heteroatoms. The van der Waals surface area contributed by atoms with E-state index in [9.17, 15) is 4.79 Å². The summed E-state index contributed by atoms with van der Waals surface area (Å²) in [5.41, 5.74) is 0.363. The summed E-state index contributed by atoms with van der Waals surface area (Å²) in [4.78, 5) is 21.2. The zero-order valence-corrected chi connectivity index (χ0v) is 15.3. The first-order chi connectivity index (χ1) is 12.1. The van der Waals surface area contributed by atoms with E-state index in [1.807, 2.05) is 16.5 Å². The standard InChI is InChI=1S/C17H22N4O3S/c1-20(11-15-18-5-8-25-15)13-10-17(13)3-6-21(7-4-17)16(22)12-9-14(23-2)19-24-12/h5,8-9,13H,3-4,6-7,10-11H2,1-2H3/t13-/m0/s1. The van der Waals surface area contributed by atoms with E-state index in [0.717, 1.165) is 37.5 Å². The summed E-state index contributed by atoms with van der Waals surface area (Å²) in [6.07, 6.45) is 5.15. The van der Waals surface area contributed by atoms with Crippen LogP contribution in [0.1, 0.15) is 34.8 Å². The molecule has 1 atom stereocenters. The zero-order valence-electron chi connectivity index (χ0n) is 14.5. The highest BCUT2D eigenvalue weighted by Gasteiger charge is 2.57. The van der Waals surface area contributed by atoms with Crippen molar-refractivity contribution in [1.29, 1.82) is 0 Å². The van der Waals surface area contributed by atoms with Gasteiger partial charge in [-0.25, -0.2) is 4.98 Å². The maximum absolute atomic E-state index is 12.5. The van der Waals surface area contributed by atoms with E-state index < -0.39 is 0 Å². The van der Waals surface area contributed by atoms with Crippen molar-refractivity contribution in [3.63, 3.8) is 0 Å². The largest absolute Gasteiger partial charge is 0.479 e. The molecule has 134 valence electrons. The van der Waals surface area contributed by atoms with Crippen LogP contribution in [0.25, 0.3) is 0 Å². The smallest absolute Gasteiger partial charge is 0.292 e. The number of ether oxygens (including phenoxy) is 1. The molecule has 2 aromatic heterocycles. The Labute approximate surface area is 150 Å². The van der Waals surface area contributed by atoms with Gasteiger partial charge in [-0.3, -0.25) is 9.69 Å². The number of nitrogens with zero attached hydrogens (tertiary/aromatic N) is 4. The molecule has 4 rings (SSSR count). The van der Waals surface area contributed by atoms with Gasteiger partial charge in [-0.1, -0.05) is 0 Å². The Bertz CT molecular complexity index is 737. The number of aromatic nitrogens is 2. The molecule has 3 heterocycles. The zero-order chi connectivity index (χ0) is 17.4. The summed E-state index contributed by atoms with van der Waals surface area (Å²) >= 11 is 1.71. The molecular formula is C17H22N4O3S. The first kappa shape index (κ1) is 16.5. The molecule has 1 amide bonds. The monoisotopic (exact) mass is 362 g/mol. The number of thiazole rings is 1. The van der Waals surface area contributed by atoms with Gasteiger partial charge in [0.25, 0.3) is 11.8 Å². The molecule has 0 bridgehead atoms. The molecule has 2 aromatic rings. The molecule has 0 N–H and O–H groups in total. The van der Waals surface area contributed by atoms with Crippen LogP contribution in [0.4, 0.5) is 0 Å². The minimum atomic E-state index is -0.0982. The van der Waals surface area contributed by atoms with Crippen molar-refractivity contribution in [2.24, 2.45) is 5.41 Å². The first-order valence-corrected chi connectivity index (χ1v) is 9.38. The molecule has 7 nitrogen and oxygen atoms in total. The van der Waals surface area contributed by atoms with Crippen LogP contribution in [-0.4, -0.2) is 59.1 Å². The summed E-state index contributed by atoms with van der Waals surface area (Å²) in [5, 5.41) is 6.89. The highest BCUT2D eigenvalue weighted by Crippen LogP contribution is 2.56. The number of amides is 1. The van der Waals surface area contributed by atoms with Crippen LogP contribution in [0.5, 0.6) is 5.88 Å². The van der Waals surface area contributed by atoms with Gasteiger partial charge in [0.05, 0.1) is 19.7 Å². The number of hydrogen-bond acceptors (Lipinski definition) is 7. The minimum Gasteiger partial charge on any atom is -0.479 e. The van der Waals surface area contributed by atoms with E-state index in [1.54, 1.807) is 17.4 Å². The maximum Gasteiger partial charge on any atom is 0.292 e. The summed E-state index contributed by atoms with van der Waals surface area (Å²) in [6.45, 7) is 2.44. The molecule has 25 heavy (non-hydrogen) atoms. The van der Waals surface area contributed by atoms with Gasteiger partial charge >= 0.3 is 0 Å². The van der Waals surface area contributed by atoms with E-state index >= 15 is 0 Å². The van der Waals surface area contributed by atoms with Crippen molar-refractivity contribution in [3.8, 4) is 5.88 Å². The van der Waals surface area contributed by atoms with Crippen molar-refractivity contribution in [2.75, 3.05) is 27.2 Å². The lowest BCUT2D eigenvalue weighted by Gasteiger charge is -2.33. The topological polar surface area (TPSA) is 71.7 Å². The van der Waals surface area contributed by atoms with Gasteiger partial charge in [0, 0.05) is 30.7 Å². The van der Waals surface area contributed by atoms with Crippen LogP contribution >= 0.6 is 11.3 Å². The maximum atomic E-state index is 12.5. The quantitative estimate of drug-likeness (QED) is 0.812. The van der Waals surface area contributed by atoms with Crippen LogP contribution in [0.3, 0.4) is 0 Å². The Kier molecular flexibility index (Phi) is 4.24. The average molecular weight is 362 g/mol. The van der Waals surface area contributed by atoms with Gasteiger partial charge in [-0.05, 0) is 36.9 Å². The molecule has 2 fully saturated rings. The van der Waals surface area contributed by atoms with Crippen LogP contribution in [0, 0.1) is 5.41 Å². The van der Waals surface area contributed by atoms with Crippen LogP contribution in [0.2, 0.25) is 0 Å². The number of likely N-dealkylation sites (tertiary alicyclic amines) is 1. The third-order valence-corrected chi connectivity index (χ3v) is 6.27. The lowest BCUT2D eigenvalue weighted by atomic mass is 9.92. The molecule has 0 radical (unpaired) electrons. The third kappa shape index (κ3) is 3.16. The van der Waals surface area contributed by atoms with Crippen molar-refractivity contribution in [3.05, 3.63) is 28.4 Å². The Morgan fingerprint density at radius 2 is 2.32 bits per heavy atom. The molecular weight excluding hydrogens is 340 g/mol. The highest BCUT2D eigenvalue weighted by molar-refractivity contribution is 7.09. The molecule has 1 aliphatic carbocycles. The van der Waals surface area contributed by atoms with Crippen molar-refractivity contribution >= 4 is 17.2 Å². The third-order valence-electron chi connectivity index (χ3n) is 5.50. The number of hydrogen-bond donors (Lipinski definition) is 0. The van der Waals surface area contributed by atoms with Crippen molar-refractivity contribution in [1.82, 2.24) is 19.9 Å². The van der Waals surface area contributed by atoms with Gasteiger partial charge in [-0.2, -0.15) is 0 Å². The summed E-state index contributed by atoms with van der Waals surface area (Å²) in [6, 6.07) is 2.15. The Morgan fingerprint density at radius 1 is 1.52 bits per heavy atom. The van der Waals surface area contributed by atoms with Gasteiger partial charge in [0.2, 0.25) is 5.76 Å². The lowest BCUT2D eigenvalue weighted by Crippen LogP contribution is -2.41. The van der Waals surface area contributed by atoms with E-state index in [0.29, 0.717) is 17.3 Å². The van der Waals surface area contributed by atoms with Gasteiger partial charge in [0.15, 0.2) is 0 Å². The molecule has 1 aliphatic heterocycles. The predicted octanol–water partition coefficient (Wildman–Crippen LogP) is 2.27. The summed E-state index contributed by atoms with van der Waals surface area (Å²) in [7, 11) is 3.69. The fourth-order valence-electron chi connectivity index (χ4n) is 3.91. The second-order valence-electron chi connectivity index (χ2n) is 6.95. The second-order valence-corrected chi connectivity index (χ2v) is 7.93. The number of carbonyl (C=O) groups is 1. The fraction of sp³-hybridized carbons (Fsp3) is 0.588. The van der Waals surface area contributed by atoms with Crippen LogP contribution in [-0.2, 0) is 6.54 Å². The van der Waals surface area contributed by atoms with Crippen molar-refractivity contribution < 1.29 is 14.1 Å². The number of piperidine rings is 1. The van der Waals surface area contributed by atoms with Crippen molar-refractivity contribution in [2.45, 2.75) is 31.8 Å². The lowest BCUT2D eigenvalue weighted by molar-refractivity contribution is 0.0616. The second kappa shape index (κ2) is 6.42. The molecule has 2 aliphatic rings. The summed E-state index contributed by atoms with van der Waals surface area (Å²) < 4.78 is 10.0. The number of methoxy groups -OCH3 is 1. The van der Waals surface area contributed by atoms with Gasteiger partial charge < -0.3 is 14.2 Å². The fourth-order valence-corrected chi connectivity index (χ4v) is 4.59. The molecule has 0 unspecified atom stereocenters. The molecule has 1 saturated heterocycles. The molecule has 1 spiro atoms. The normalized spacial score (nSPS) is 21.7. The van der Waals surface area contributed by atoms with E-state index in [2.05, 4.69) is 22.1 Å². The highest BCUT2D eigenvalue weighted by atomic mass is 32.1. The number of rotatable bonds is 5. The van der Waals surface area contributed by atoms with Gasteiger partial charge in [-0.15, -0.1) is 11.3 Å². The number of carbonyl (C=O) groups excluding carboxylic acids is 1. The first-order valence-electron chi connectivity index (χ1n) is 8.50. The Hall–Kier alpha value is -1.93. The van der Waals surface area contributed by atoms with E-state index in [4.69, 9.17) is 9.26 Å². The van der Waals surface area contributed by atoms with E-state index in [-0.39, 0.29) is 11.7 Å². The van der Waals surface area contributed by atoms with Crippen LogP contribution < -0.4 is 4.74 Å². The predicted molar refractivity (Wildman–Crippen MR) is 92.6 cm³/mol. The molecule has 1 saturated carbocycles. The van der Waals surface area contributed by atoms with Crippen LogP contribution in [0.15, 0.2) is 22.2 Å². The molecule has 0 aromatic carbocycles. The average Bonchev–Trinajstić information content (AvgIpc) is 3.02. The van der Waals surface area contributed by atoms with E-state index in [1.165, 1.54) is 13.5 Å². The minimum absolute atomic E-state index is 0.0982. The SMILES string of the molecule is COc1cc(C(=O)N2CCC3(CC2)C[C@@H]3N(C)Cc2nccs2)on1.